The Morgan fingerprint density at radius 1 is 1.13 bits per heavy atom. The Labute approximate surface area is 172 Å². The molecule has 6 N–H and O–H groups in total. The molecule has 0 amide bonds. The first-order chi connectivity index (χ1) is 14.1. The van der Waals surface area contributed by atoms with E-state index in [1.807, 2.05) is 4.98 Å². The number of aliphatic hydroxyl groups excluding tert-OH is 2. The fourth-order valence-corrected chi connectivity index (χ4v) is 5.96. The standard InChI is InChI=1S/C11H19N2O15P3/c1-13-3-5(10(16)12-11(13)17)9-8(15)7(14)6(26-9)4-25-30(21,22)28-31(23,24-2)27-29(18,19)20/h3,6-9,14-15H,4H2,1-2H3,(H,21,22)(H,12,16,17)(H2,18,19,20)/t6-,7?,8+,9+,31?/m1/s1. The van der Waals surface area contributed by atoms with Crippen molar-refractivity contribution in [3.05, 3.63) is 32.6 Å². The van der Waals surface area contributed by atoms with E-state index in [4.69, 9.17) is 14.5 Å². The van der Waals surface area contributed by atoms with E-state index >= 15 is 0 Å². The van der Waals surface area contributed by atoms with E-state index in [2.05, 4.69) is 17.7 Å². The van der Waals surface area contributed by atoms with E-state index in [9.17, 15) is 38.4 Å². The van der Waals surface area contributed by atoms with E-state index in [0.717, 1.165) is 10.8 Å². The van der Waals surface area contributed by atoms with Gasteiger partial charge in [-0.3, -0.25) is 18.8 Å². The van der Waals surface area contributed by atoms with Crippen LogP contribution in [0.1, 0.15) is 11.7 Å². The van der Waals surface area contributed by atoms with Gasteiger partial charge in [0, 0.05) is 20.4 Å². The van der Waals surface area contributed by atoms with Crippen LogP contribution in [-0.2, 0) is 43.1 Å². The minimum Gasteiger partial charge on any atom is -0.387 e. The van der Waals surface area contributed by atoms with Gasteiger partial charge in [-0.1, -0.05) is 0 Å². The number of hydrogen-bond donors (Lipinski definition) is 6. The van der Waals surface area contributed by atoms with Crippen molar-refractivity contribution in [1.29, 1.82) is 0 Å². The van der Waals surface area contributed by atoms with Gasteiger partial charge in [0.2, 0.25) is 0 Å². The largest absolute Gasteiger partial charge is 0.492 e. The molecule has 2 rings (SSSR count). The summed E-state index contributed by atoms with van der Waals surface area (Å²) in [6, 6.07) is 0. The molecule has 1 aliphatic rings. The van der Waals surface area contributed by atoms with Crippen LogP contribution < -0.4 is 11.2 Å². The summed E-state index contributed by atoms with van der Waals surface area (Å²) in [7, 11) is -14.2. The highest BCUT2D eigenvalue weighted by molar-refractivity contribution is 7.67. The van der Waals surface area contributed by atoms with Crippen molar-refractivity contribution in [2.24, 2.45) is 7.05 Å². The molecule has 1 aromatic rings. The minimum atomic E-state index is -5.46. The van der Waals surface area contributed by atoms with Crippen molar-refractivity contribution < 1.29 is 61.0 Å². The maximum atomic E-state index is 12.0. The van der Waals surface area contributed by atoms with Gasteiger partial charge in [0.25, 0.3) is 5.56 Å². The summed E-state index contributed by atoms with van der Waals surface area (Å²) >= 11 is 0. The Morgan fingerprint density at radius 3 is 2.29 bits per heavy atom. The predicted octanol–water partition coefficient (Wildman–Crippen LogP) is -1.77. The number of hydrogen-bond acceptors (Lipinski definition) is 12. The maximum absolute atomic E-state index is 12.0. The van der Waals surface area contributed by atoms with E-state index in [0.29, 0.717) is 7.11 Å². The van der Waals surface area contributed by atoms with Gasteiger partial charge in [0.1, 0.15) is 24.4 Å². The molecule has 0 bridgehead atoms. The Balaban J connectivity index is 2.12. The minimum absolute atomic E-state index is 0.237. The quantitative estimate of drug-likeness (QED) is 0.200. The van der Waals surface area contributed by atoms with Gasteiger partial charge in [-0.05, 0) is 0 Å². The molecule has 0 radical (unpaired) electrons. The van der Waals surface area contributed by atoms with Crippen molar-refractivity contribution in [2.45, 2.75) is 24.4 Å². The summed E-state index contributed by atoms with van der Waals surface area (Å²) in [4.78, 5) is 52.3. The third-order valence-electron chi connectivity index (χ3n) is 3.84. The molecule has 17 nitrogen and oxygen atoms in total. The number of aromatic nitrogens is 2. The molecule has 20 heteroatoms. The normalized spacial score (nSPS) is 28.2. The fraction of sp³-hybridized carbons (Fsp3) is 0.636. The molecule has 6 atom stereocenters. The van der Waals surface area contributed by atoms with Crippen LogP contribution in [0.3, 0.4) is 0 Å². The van der Waals surface area contributed by atoms with Crippen LogP contribution in [0.15, 0.2) is 15.8 Å². The van der Waals surface area contributed by atoms with E-state index in [1.165, 1.54) is 7.05 Å². The molecule has 1 aliphatic heterocycles. The molecular weight excluding hydrogens is 493 g/mol. The van der Waals surface area contributed by atoms with Gasteiger partial charge < -0.3 is 34.2 Å². The monoisotopic (exact) mass is 512 g/mol. The first-order valence-corrected chi connectivity index (χ1v) is 12.5. The van der Waals surface area contributed by atoms with Crippen LogP contribution in [-0.4, -0.2) is 66.5 Å². The molecule has 2 heterocycles. The SMILES string of the molecule is COP(=O)(OP(=O)(O)O)OP(=O)(O)OC[C@H]1O[C@@H](c2cn(C)c(=O)[nH]c2=O)[C@@H](O)C1O. The second-order valence-corrected chi connectivity index (χ2v) is 10.8. The van der Waals surface area contributed by atoms with Crippen LogP contribution in [0.25, 0.3) is 0 Å². The first kappa shape index (κ1) is 26.2. The second-order valence-electron chi connectivity index (χ2n) is 6.08. The van der Waals surface area contributed by atoms with Gasteiger partial charge in [-0.25, -0.2) is 18.5 Å². The molecule has 0 aliphatic carbocycles. The van der Waals surface area contributed by atoms with Gasteiger partial charge in [0.15, 0.2) is 0 Å². The van der Waals surface area contributed by atoms with Crippen LogP contribution in [0, 0.1) is 0 Å². The summed E-state index contributed by atoms with van der Waals surface area (Å²) in [6.45, 7) is -0.980. The average Bonchev–Trinajstić information content (AvgIpc) is 2.89. The molecule has 31 heavy (non-hydrogen) atoms. The lowest BCUT2D eigenvalue weighted by Crippen LogP contribution is -2.35. The zero-order chi connectivity index (χ0) is 23.8. The number of H-pyrrole nitrogens is 1. The summed E-state index contributed by atoms with van der Waals surface area (Å²) in [5.41, 5.74) is -1.90. The summed E-state index contributed by atoms with van der Waals surface area (Å²) in [5.74, 6) is 0. The number of phosphoric ester groups is 1. The number of rotatable bonds is 9. The molecular formula is C11H19N2O15P3. The second kappa shape index (κ2) is 9.45. The third kappa shape index (κ3) is 6.73. The van der Waals surface area contributed by atoms with Crippen LogP contribution in [0.5, 0.6) is 0 Å². The number of phosphoric acid groups is 3. The summed E-state index contributed by atoms with van der Waals surface area (Å²) in [5, 5.41) is 20.2. The first-order valence-electron chi connectivity index (χ1n) is 8.00. The van der Waals surface area contributed by atoms with Gasteiger partial charge >= 0.3 is 29.2 Å². The molecule has 0 saturated carbocycles. The number of nitrogens with one attached hydrogen (secondary N) is 1. The Hall–Kier alpha value is -1.03. The van der Waals surface area contributed by atoms with Gasteiger partial charge in [0.05, 0.1) is 12.2 Å². The van der Waals surface area contributed by atoms with E-state index in [-0.39, 0.29) is 5.56 Å². The number of ether oxygens (including phenoxy) is 1. The molecule has 178 valence electrons. The Kier molecular flexibility index (Phi) is 7.99. The molecule has 0 spiro atoms. The van der Waals surface area contributed by atoms with Crippen molar-refractivity contribution >= 4 is 23.5 Å². The van der Waals surface area contributed by atoms with E-state index in [1.54, 1.807) is 0 Å². The Morgan fingerprint density at radius 2 is 1.74 bits per heavy atom. The number of nitrogens with zero attached hydrogens (tertiary/aromatic N) is 1. The topological polar surface area (TPSA) is 253 Å². The van der Waals surface area contributed by atoms with Crippen LogP contribution in [0.2, 0.25) is 0 Å². The van der Waals surface area contributed by atoms with Crippen molar-refractivity contribution in [1.82, 2.24) is 9.55 Å². The lowest BCUT2D eigenvalue weighted by atomic mass is 10.0. The highest BCUT2D eigenvalue weighted by Gasteiger charge is 2.47. The summed E-state index contributed by atoms with van der Waals surface area (Å²) in [6.07, 6.45) is -5.39. The molecule has 1 saturated heterocycles. The highest BCUT2D eigenvalue weighted by atomic mass is 31.3. The van der Waals surface area contributed by atoms with Crippen molar-refractivity contribution in [3.8, 4) is 0 Å². The smallest absolute Gasteiger partial charge is 0.387 e. The zero-order valence-electron chi connectivity index (χ0n) is 15.7. The Bertz CT molecular complexity index is 1060. The molecule has 0 aromatic carbocycles. The lowest BCUT2D eigenvalue weighted by molar-refractivity contribution is -0.0229. The fourth-order valence-electron chi connectivity index (χ4n) is 2.46. The number of aromatic amines is 1. The highest BCUT2D eigenvalue weighted by Crippen LogP contribution is 2.68. The zero-order valence-corrected chi connectivity index (χ0v) is 18.4. The molecule has 1 aromatic heterocycles. The molecule has 1 fully saturated rings. The average molecular weight is 512 g/mol. The maximum Gasteiger partial charge on any atom is 0.492 e. The van der Waals surface area contributed by atoms with Gasteiger partial charge in [-0.15, -0.1) is 0 Å². The number of aryl methyl sites for hydroxylation is 1. The lowest BCUT2D eigenvalue weighted by Gasteiger charge is -2.20. The van der Waals surface area contributed by atoms with Crippen molar-refractivity contribution in [2.75, 3.05) is 13.7 Å². The number of aliphatic hydroxyl groups is 2. The van der Waals surface area contributed by atoms with Gasteiger partial charge in [-0.2, -0.15) is 8.62 Å². The summed E-state index contributed by atoms with van der Waals surface area (Å²) < 4.78 is 57.2. The van der Waals surface area contributed by atoms with E-state index < -0.39 is 65.7 Å². The molecule has 3 unspecified atom stereocenters. The van der Waals surface area contributed by atoms with Crippen LogP contribution >= 0.6 is 23.5 Å². The van der Waals surface area contributed by atoms with Crippen LogP contribution in [0.4, 0.5) is 0 Å². The third-order valence-corrected chi connectivity index (χ3v) is 8.04. The predicted molar refractivity (Wildman–Crippen MR) is 96.5 cm³/mol. The van der Waals surface area contributed by atoms with Crippen molar-refractivity contribution in [3.63, 3.8) is 0 Å².